The lowest BCUT2D eigenvalue weighted by Gasteiger charge is -2.10. The summed E-state index contributed by atoms with van der Waals surface area (Å²) in [5.41, 5.74) is 7.36. The molecule has 2 aromatic carbocycles. The maximum atomic E-state index is 10.7. The van der Waals surface area contributed by atoms with E-state index in [0.29, 0.717) is 18.0 Å². The van der Waals surface area contributed by atoms with Gasteiger partial charge in [-0.15, -0.1) is 0 Å². The lowest BCUT2D eigenvalue weighted by Crippen LogP contribution is -1.97. The predicted octanol–water partition coefficient (Wildman–Crippen LogP) is 3.81. The molecule has 0 radical (unpaired) electrons. The van der Waals surface area contributed by atoms with Gasteiger partial charge in [-0.2, -0.15) is 0 Å². The number of benzene rings is 2. The zero-order valence-electron chi connectivity index (χ0n) is 10.8. The number of nitrogens with zero attached hydrogens (tertiary/aromatic N) is 1. The topological polar surface area (TPSA) is 78.4 Å². The van der Waals surface area contributed by atoms with Crippen molar-refractivity contribution in [3.63, 3.8) is 0 Å². The standard InChI is InChI=1S/C14H13ClN2O3/c1-9-6-10(8-16)2-5-14(9)20-11-3-4-13(17(18)19)12(15)7-11/h2-7H,8,16H2,1H3. The van der Waals surface area contributed by atoms with Crippen LogP contribution in [0.3, 0.4) is 0 Å². The van der Waals surface area contributed by atoms with E-state index in [2.05, 4.69) is 0 Å². The van der Waals surface area contributed by atoms with Gasteiger partial charge in [0.25, 0.3) is 5.69 Å². The Labute approximate surface area is 121 Å². The van der Waals surface area contributed by atoms with Crippen molar-refractivity contribution >= 4 is 17.3 Å². The van der Waals surface area contributed by atoms with Gasteiger partial charge >= 0.3 is 0 Å². The molecule has 6 heteroatoms. The highest BCUT2D eigenvalue weighted by atomic mass is 35.5. The van der Waals surface area contributed by atoms with Crippen LogP contribution in [0, 0.1) is 17.0 Å². The van der Waals surface area contributed by atoms with E-state index in [1.807, 2.05) is 25.1 Å². The highest BCUT2D eigenvalue weighted by Crippen LogP contribution is 2.32. The SMILES string of the molecule is Cc1cc(CN)ccc1Oc1ccc([N+](=O)[O-])c(Cl)c1. The minimum Gasteiger partial charge on any atom is -0.457 e. The molecule has 0 aliphatic heterocycles. The van der Waals surface area contributed by atoms with E-state index in [0.717, 1.165) is 11.1 Å². The van der Waals surface area contributed by atoms with Crippen molar-refractivity contribution in [2.24, 2.45) is 5.73 Å². The van der Waals surface area contributed by atoms with Crippen molar-refractivity contribution < 1.29 is 9.66 Å². The number of hydrogen-bond donors (Lipinski definition) is 1. The number of aryl methyl sites for hydroxylation is 1. The zero-order chi connectivity index (χ0) is 14.7. The minimum absolute atomic E-state index is 0.0451. The molecule has 2 N–H and O–H groups in total. The lowest BCUT2D eigenvalue weighted by atomic mass is 10.1. The Morgan fingerprint density at radius 3 is 2.60 bits per heavy atom. The molecule has 0 heterocycles. The predicted molar refractivity (Wildman–Crippen MR) is 77.3 cm³/mol. The van der Waals surface area contributed by atoms with Crippen molar-refractivity contribution in [3.8, 4) is 11.5 Å². The number of rotatable bonds is 4. The van der Waals surface area contributed by atoms with Crippen molar-refractivity contribution in [1.29, 1.82) is 0 Å². The Balaban J connectivity index is 2.26. The molecular formula is C14H13ClN2O3. The van der Waals surface area contributed by atoms with Gasteiger partial charge in [-0.3, -0.25) is 10.1 Å². The Kier molecular flexibility index (Phi) is 4.22. The van der Waals surface area contributed by atoms with Gasteiger partial charge in [0, 0.05) is 18.7 Å². The largest absolute Gasteiger partial charge is 0.457 e. The molecule has 5 nitrogen and oxygen atoms in total. The van der Waals surface area contributed by atoms with E-state index in [4.69, 9.17) is 22.1 Å². The molecule has 0 aliphatic carbocycles. The highest BCUT2D eigenvalue weighted by molar-refractivity contribution is 6.32. The van der Waals surface area contributed by atoms with Gasteiger partial charge in [-0.25, -0.2) is 0 Å². The van der Waals surface area contributed by atoms with Gasteiger partial charge in [0.2, 0.25) is 0 Å². The van der Waals surface area contributed by atoms with E-state index in [1.165, 1.54) is 18.2 Å². The minimum atomic E-state index is -0.534. The fourth-order valence-corrected chi connectivity index (χ4v) is 2.02. The van der Waals surface area contributed by atoms with Crippen LogP contribution in [0.2, 0.25) is 5.02 Å². The summed E-state index contributed by atoms with van der Waals surface area (Å²) < 4.78 is 5.68. The quantitative estimate of drug-likeness (QED) is 0.686. The van der Waals surface area contributed by atoms with Crippen LogP contribution in [0.25, 0.3) is 0 Å². The first-order valence-electron chi connectivity index (χ1n) is 5.92. The number of nitro groups is 1. The van der Waals surface area contributed by atoms with Crippen LogP contribution in [0.1, 0.15) is 11.1 Å². The second-order valence-corrected chi connectivity index (χ2v) is 4.68. The first-order valence-corrected chi connectivity index (χ1v) is 6.30. The van der Waals surface area contributed by atoms with Gasteiger partial charge in [0.15, 0.2) is 0 Å². The van der Waals surface area contributed by atoms with Gasteiger partial charge in [-0.1, -0.05) is 23.7 Å². The molecule has 0 unspecified atom stereocenters. The molecule has 0 saturated carbocycles. The van der Waals surface area contributed by atoms with Crippen LogP contribution in [-0.2, 0) is 6.54 Å². The molecule has 2 rings (SSSR count). The normalized spacial score (nSPS) is 10.3. The molecule has 104 valence electrons. The second kappa shape index (κ2) is 5.90. The van der Waals surface area contributed by atoms with Crippen molar-refractivity contribution in [2.75, 3.05) is 0 Å². The molecule has 0 aromatic heterocycles. The average Bonchev–Trinajstić information content (AvgIpc) is 2.40. The number of halogens is 1. The average molecular weight is 293 g/mol. The summed E-state index contributed by atoms with van der Waals surface area (Å²) in [5, 5.41) is 10.7. The van der Waals surface area contributed by atoms with Crippen LogP contribution in [0.4, 0.5) is 5.69 Å². The number of nitro benzene ring substituents is 1. The Morgan fingerprint density at radius 2 is 2.05 bits per heavy atom. The molecule has 0 fully saturated rings. The first-order chi connectivity index (χ1) is 9.51. The van der Waals surface area contributed by atoms with Crippen molar-refractivity contribution in [3.05, 3.63) is 62.7 Å². The number of ether oxygens (including phenoxy) is 1. The van der Waals surface area contributed by atoms with Gasteiger partial charge < -0.3 is 10.5 Å². The summed E-state index contributed by atoms with van der Waals surface area (Å²) in [4.78, 5) is 10.2. The fraction of sp³-hybridized carbons (Fsp3) is 0.143. The van der Waals surface area contributed by atoms with Gasteiger partial charge in [0.1, 0.15) is 16.5 Å². The highest BCUT2D eigenvalue weighted by Gasteiger charge is 2.13. The van der Waals surface area contributed by atoms with Gasteiger partial charge in [-0.05, 0) is 30.2 Å². The molecule has 0 aliphatic rings. The summed E-state index contributed by atoms with van der Waals surface area (Å²) in [5.74, 6) is 1.11. The molecule has 0 spiro atoms. The maximum absolute atomic E-state index is 10.7. The Bertz CT molecular complexity index is 659. The number of hydrogen-bond acceptors (Lipinski definition) is 4. The molecule has 0 amide bonds. The molecule has 0 saturated heterocycles. The van der Waals surface area contributed by atoms with E-state index < -0.39 is 4.92 Å². The second-order valence-electron chi connectivity index (χ2n) is 4.28. The molecule has 0 bridgehead atoms. The van der Waals surface area contributed by atoms with E-state index in [-0.39, 0.29) is 10.7 Å². The van der Waals surface area contributed by atoms with Crippen LogP contribution >= 0.6 is 11.6 Å². The number of nitrogens with two attached hydrogens (primary N) is 1. The third-order valence-electron chi connectivity index (χ3n) is 2.82. The van der Waals surface area contributed by atoms with E-state index in [1.54, 1.807) is 0 Å². The molecule has 20 heavy (non-hydrogen) atoms. The van der Waals surface area contributed by atoms with Crippen LogP contribution in [0.15, 0.2) is 36.4 Å². The summed E-state index contributed by atoms with van der Waals surface area (Å²) in [6, 6.07) is 9.88. The van der Waals surface area contributed by atoms with Crippen LogP contribution in [-0.4, -0.2) is 4.92 Å². The molecular weight excluding hydrogens is 280 g/mol. The third-order valence-corrected chi connectivity index (χ3v) is 3.12. The van der Waals surface area contributed by atoms with Crippen LogP contribution < -0.4 is 10.5 Å². The summed E-state index contributed by atoms with van der Waals surface area (Å²) in [7, 11) is 0. The molecule has 0 atom stereocenters. The van der Waals surface area contributed by atoms with Crippen LogP contribution in [0.5, 0.6) is 11.5 Å². The fourth-order valence-electron chi connectivity index (χ4n) is 1.78. The van der Waals surface area contributed by atoms with Crippen molar-refractivity contribution in [2.45, 2.75) is 13.5 Å². The van der Waals surface area contributed by atoms with E-state index >= 15 is 0 Å². The molecule has 2 aromatic rings. The first kappa shape index (κ1) is 14.3. The van der Waals surface area contributed by atoms with Gasteiger partial charge in [0.05, 0.1) is 4.92 Å². The maximum Gasteiger partial charge on any atom is 0.288 e. The monoisotopic (exact) mass is 292 g/mol. The zero-order valence-corrected chi connectivity index (χ0v) is 11.6. The Hall–Kier alpha value is -2.11. The van der Waals surface area contributed by atoms with Crippen molar-refractivity contribution in [1.82, 2.24) is 0 Å². The third kappa shape index (κ3) is 3.07. The lowest BCUT2D eigenvalue weighted by molar-refractivity contribution is -0.384. The summed E-state index contributed by atoms with van der Waals surface area (Å²) in [6.07, 6.45) is 0. The smallest absolute Gasteiger partial charge is 0.288 e. The van der Waals surface area contributed by atoms with E-state index in [9.17, 15) is 10.1 Å². The Morgan fingerprint density at radius 1 is 1.30 bits per heavy atom. The summed E-state index contributed by atoms with van der Waals surface area (Å²) in [6.45, 7) is 2.37. The summed E-state index contributed by atoms with van der Waals surface area (Å²) >= 11 is 5.84.